The molecule has 0 radical (unpaired) electrons. The molecule has 2 amide bonds. The molecular weight excluding hydrogens is 1600 g/mol. The van der Waals surface area contributed by atoms with E-state index < -0.39 is 53.6 Å². The highest BCUT2D eigenvalue weighted by Crippen LogP contribution is 2.42. The third-order valence-electron chi connectivity index (χ3n) is 22.2. The molecule has 0 saturated carbocycles. The third kappa shape index (κ3) is 21.7. The average molecular weight is 1680 g/mol. The average Bonchev–Trinajstić information content (AvgIpc) is 1.58. The SMILES string of the molecule is O=C(CCc1cc2c(cc1CCC(=O)OCc1ccccc1)-c1nc-2nc2[nH]c(nc3nc(nc4[nH]c(n1)c1cc(CCC(=O)OCc5ccccc5)c(CCC(=O)OCc5ccccc5)cc41)-c1cc(CCC(=O)OCc4ccccc4)c(CCC(=O)OCc4ccccc4)cc1-3)c1cc(CCCCC(=O)ON3C(=O)CCC3=O)ccc21)OCc1ccccc1. The van der Waals surface area contributed by atoms with Crippen LogP contribution in [0.1, 0.15) is 143 Å². The first-order valence-electron chi connectivity index (χ1n) is 42.3. The number of hydroxylamine groups is 2. The van der Waals surface area contributed by atoms with E-state index in [9.17, 15) is 43.2 Å². The van der Waals surface area contributed by atoms with Gasteiger partial charge in [0.1, 0.15) is 62.2 Å². The lowest BCUT2D eigenvalue weighted by atomic mass is 9.93. The minimum atomic E-state index is -0.709. The van der Waals surface area contributed by atoms with E-state index >= 15 is 0 Å². The number of benzene rings is 10. The molecule has 6 heterocycles. The number of aromatic amines is 2. The number of nitrogens with zero attached hydrogens (tertiary/aromatic N) is 7. The van der Waals surface area contributed by atoms with E-state index in [1.807, 2.05) is 237 Å². The molecule has 8 bridgehead atoms. The van der Waals surface area contributed by atoms with Gasteiger partial charge >= 0.3 is 41.8 Å². The Morgan fingerprint density at radius 2 is 0.524 bits per heavy atom. The Bertz CT molecular complexity index is 6410. The van der Waals surface area contributed by atoms with Gasteiger partial charge in [-0.05, 0) is 173 Å². The van der Waals surface area contributed by atoms with Gasteiger partial charge in [-0.15, -0.1) is 5.06 Å². The van der Waals surface area contributed by atoms with Crippen molar-refractivity contribution in [1.29, 1.82) is 0 Å². The maximum Gasteiger partial charge on any atom is 0.333 e. The maximum atomic E-state index is 14.0. The highest BCUT2D eigenvalue weighted by atomic mass is 16.7. The van der Waals surface area contributed by atoms with Gasteiger partial charge in [0.25, 0.3) is 11.8 Å². The number of unbranched alkanes of at least 4 members (excludes halogenated alkanes) is 1. The van der Waals surface area contributed by atoms with Crippen molar-refractivity contribution in [1.82, 2.24) is 44.9 Å². The van der Waals surface area contributed by atoms with Gasteiger partial charge in [-0.3, -0.25) is 38.4 Å². The van der Waals surface area contributed by atoms with Crippen LogP contribution >= 0.6 is 0 Å². The zero-order chi connectivity index (χ0) is 86.7. The van der Waals surface area contributed by atoms with Crippen LogP contribution in [0.4, 0.5) is 0 Å². The molecule has 3 aliphatic rings. The van der Waals surface area contributed by atoms with Crippen molar-refractivity contribution in [2.24, 2.45) is 0 Å². The number of esters is 6. The molecule has 0 aliphatic carbocycles. The number of aromatic nitrogens is 8. The third-order valence-corrected chi connectivity index (χ3v) is 22.2. The Labute approximate surface area is 724 Å². The van der Waals surface area contributed by atoms with Gasteiger partial charge in [0.15, 0.2) is 23.3 Å². The molecule has 16 rings (SSSR count). The van der Waals surface area contributed by atoms with Crippen molar-refractivity contribution < 1.29 is 76.4 Å². The minimum absolute atomic E-state index is 0.0326. The molecule has 3 aliphatic heterocycles. The van der Waals surface area contributed by atoms with E-state index in [0.717, 1.165) is 38.9 Å². The Kier molecular flexibility index (Phi) is 27.1. The zero-order valence-corrected chi connectivity index (χ0v) is 69.1. The molecule has 1 saturated heterocycles. The minimum Gasteiger partial charge on any atom is -0.461 e. The Morgan fingerprint density at radius 1 is 0.262 bits per heavy atom. The van der Waals surface area contributed by atoms with Crippen LogP contribution in [0.5, 0.6) is 0 Å². The van der Waals surface area contributed by atoms with E-state index in [0.29, 0.717) is 113 Å². The summed E-state index contributed by atoms with van der Waals surface area (Å²) in [4.78, 5) is 166. The maximum absolute atomic E-state index is 14.0. The number of hydrogen-bond acceptors (Lipinski definition) is 22. The summed E-state index contributed by atoms with van der Waals surface area (Å²) < 4.78 is 35.1. The molecule has 10 aromatic carbocycles. The number of amides is 2. The van der Waals surface area contributed by atoms with Crippen molar-refractivity contribution >= 4 is 97.7 Å². The quantitative estimate of drug-likeness (QED) is 0.0159. The molecule has 0 atom stereocenters. The second kappa shape index (κ2) is 40.3. The summed E-state index contributed by atoms with van der Waals surface area (Å²) >= 11 is 0. The van der Waals surface area contributed by atoms with E-state index in [1.54, 1.807) is 0 Å². The monoisotopic (exact) mass is 1680 g/mol. The molecule has 3 aromatic heterocycles. The highest BCUT2D eigenvalue weighted by Gasteiger charge is 2.33. The predicted molar refractivity (Wildman–Crippen MR) is 468 cm³/mol. The van der Waals surface area contributed by atoms with Crippen molar-refractivity contribution in [2.75, 3.05) is 0 Å². The lowest BCUT2D eigenvalue weighted by molar-refractivity contribution is -0.197. The number of nitrogens with one attached hydrogen (secondary N) is 2. The van der Waals surface area contributed by atoms with Crippen LogP contribution in [0.15, 0.2) is 237 Å². The van der Waals surface area contributed by atoms with Gasteiger partial charge in [-0.25, -0.2) is 34.7 Å². The number of ether oxygens (including phenoxy) is 6. The second-order valence-corrected chi connectivity index (χ2v) is 31.1. The van der Waals surface area contributed by atoms with Gasteiger partial charge in [-0.1, -0.05) is 194 Å². The first-order chi connectivity index (χ1) is 61.6. The van der Waals surface area contributed by atoms with Gasteiger partial charge in [-0.2, -0.15) is 0 Å². The van der Waals surface area contributed by atoms with Crippen LogP contribution in [0.3, 0.4) is 0 Å². The first-order valence-corrected chi connectivity index (χ1v) is 42.3. The summed E-state index contributed by atoms with van der Waals surface area (Å²) in [5.41, 5.74) is 13.2. The Balaban J connectivity index is 0.875. The summed E-state index contributed by atoms with van der Waals surface area (Å²) in [7, 11) is 0. The standard InChI is InChI=1S/C101H89N9O16/c111-85-43-44-86(112)110(85)126-93(119)34-20-19-21-64-35-42-77-78(51-64)95-102-94(77)103-96-79-52-71(36-45-87(113)120-58-65-22-7-1-8-23-65)72(37-46-88(114)121-59-66-24-9-2-10-25-66)53-80(79)98(105-96)107-100-83-56-75(40-49-91(117)124-62-69-30-15-5-16-31-69)76(41-50-92(118)125-63-70-32-17-6-18-33-70)57-84(83)101(109-100)108-99-82-55-74(39-48-90(116)123-61-68-28-13-4-14-29-68)73(54-81(82)97(104-95)106-99)38-47-89(115)122-60-67-26-11-3-12-27-67/h1-18,22-33,35,42,51-57H,19-21,34,36-41,43-50,58-63H2,(H2,102,103,104,105,106,107,108,109). The lowest BCUT2D eigenvalue weighted by Crippen LogP contribution is -2.31. The summed E-state index contributed by atoms with van der Waals surface area (Å²) in [6.45, 7) is 0.332. The molecule has 25 heteroatoms. The van der Waals surface area contributed by atoms with Crippen molar-refractivity contribution in [3.05, 3.63) is 309 Å². The number of imide groups is 1. The summed E-state index contributed by atoms with van der Waals surface area (Å²) in [6, 6.07) is 73.7. The highest BCUT2D eigenvalue weighted by molar-refractivity contribution is 6.07. The number of aryl methyl sites for hydroxylation is 7. The number of carbonyl (C=O) groups excluding carboxylic acids is 9. The smallest absolute Gasteiger partial charge is 0.333 e. The second-order valence-electron chi connectivity index (χ2n) is 31.1. The summed E-state index contributed by atoms with van der Waals surface area (Å²) in [5.74, 6) is -3.78. The molecule has 1 fully saturated rings. The van der Waals surface area contributed by atoms with Gasteiger partial charge in [0, 0.05) is 102 Å². The lowest BCUT2D eigenvalue weighted by Gasteiger charge is -2.13. The zero-order valence-electron chi connectivity index (χ0n) is 69.1. The fraction of sp³-hybridized carbons (Fsp3) is 0.238. The largest absolute Gasteiger partial charge is 0.461 e. The molecular formula is C101H89N9O16. The van der Waals surface area contributed by atoms with Crippen molar-refractivity contribution in [3.8, 4) is 45.6 Å². The summed E-state index contributed by atoms with van der Waals surface area (Å²) in [5, 5.41) is 2.82. The van der Waals surface area contributed by atoms with E-state index in [-0.39, 0.29) is 171 Å². The predicted octanol–water partition coefficient (Wildman–Crippen LogP) is 17.2. The van der Waals surface area contributed by atoms with Gasteiger partial charge in [0.2, 0.25) is 0 Å². The number of H-pyrrole nitrogens is 2. The van der Waals surface area contributed by atoms with Gasteiger partial charge < -0.3 is 43.2 Å². The molecule has 25 nitrogen and oxygen atoms in total. The van der Waals surface area contributed by atoms with Crippen LogP contribution in [0, 0.1) is 0 Å². The van der Waals surface area contributed by atoms with Crippen molar-refractivity contribution in [3.63, 3.8) is 0 Å². The number of fused-ring (bicyclic) bond motifs is 20. The molecule has 13 aromatic rings. The Hall–Kier alpha value is -15.0. The fourth-order valence-electron chi connectivity index (χ4n) is 15.5. The summed E-state index contributed by atoms with van der Waals surface area (Å²) in [6.07, 6.45) is 1.96. The van der Waals surface area contributed by atoms with E-state index in [2.05, 4.69) is 9.97 Å². The fourth-order valence-corrected chi connectivity index (χ4v) is 15.5. The van der Waals surface area contributed by atoms with E-state index in [4.69, 9.17) is 63.2 Å². The molecule has 634 valence electrons. The topological polar surface area (TPSA) is 330 Å². The number of rotatable bonds is 36. The normalized spacial score (nSPS) is 12.0. The van der Waals surface area contributed by atoms with Crippen LogP contribution in [-0.4, -0.2) is 98.5 Å². The van der Waals surface area contributed by atoms with Crippen LogP contribution in [0.2, 0.25) is 0 Å². The van der Waals surface area contributed by atoms with Crippen LogP contribution in [0.25, 0.3) is 89.7 Å². The number of carbonyl (C=O) groups is 9. The molecule has 0 spiro atoms. The Morgan fingerprint density at radius 3 is 0.810 bits per heavy atom. The van der Waals surface area contributed by atoms with Crippen LogP contribution in [-0.2, 0) is 161 Å². The molecule has 2 N–H and O–H groups in total. The van der Waals surface area contributed by atoms with Crippen molar-refractivity contribution in [2.45, 2.75) is 155 Å². The number of hydrogen-bond donors (Lipinski definition) is 2. The van der Waals surface area contributed by atoms with Crippen LogP contribution < -0.4 is 0 Å². The molecule has 0 unspecified atom stereocenters. The van der Waals surface area contributed by atoms with E-state index in [1.165, 1.54) is 0 Å². The molecule has 126 heavy (non-hydrogen) atoms. The first kappa shape index (κ1) is 84.6. The van der Waals surface area contributed by atoms with Gasteiger partial charge in [0.05, 0.1) is 0 Å².